The molecule has 3 heteroatoms. The normalized spacial score (nSPS) is 12.2. The lowest BCUT2D eigenvalue weighted by Gasteiger charge is -2.19. The summed E-state index contributed by atoms with van der Waals surface area (Å²) >= 11 is 0. The number of benzene rings is 1. The molecule has 2 aromatic heterocycles. The van der Waals surface area contributed by atoms with E-state index in [1.54, 1.807) is 0 Å². The predicted octanol–water partition coefficient (Wildman–Crippen LogP) is 4.22. The maximum Gasteiger partial charge on any atom is 0.0494 e. The van der Waals surface area contributed by atoms with E-state index in [1.165, 1.54) is 5.56 Å². The summed E-state index contributed by atoms with van der Waals surface area (Å²) in [5.41, 5.74) is 3.53. The Morgan fingerprint density at radius 2 is 1.40 bits per heavy atom. The number of hydrogen-bond donors (Lipinski definition) is 1. The number of rotatable bonds is 8. The van der Waals surface area contributed by atoms with E-state index in [4.69, 9.17) is 0 Å². The summed E-state index contributed by atoms with van der Waals surface area (Å²) in [6.07, 6.45) is 5.74. The lowest BCUT2D eigenvalue weighted by atomic mass is 9.96. The van der Waals surface area contributed by atoms with Crippen LogP contribution in [0.1, 0.15) is 36.2 Å². The first-order valence-electron chi connectivity index (χ1n) is 8.92. The van der Waals surface area contributed by atoms with Gasteiger partial charge in [-0.3, -0.25) is 9.97 Å². The maximum atomic E-state index is 4.55. The van der Waals surface area contributed by atoms with Crippen molar-refractivity contribution in [3.05, 3.63) is 96.1 Å². The van der Waals surface area contributed by atoms with Gasteiger partial charge in [-0.05, 0) is 56.1 Å². The number of nitrogens with zero attached hydrogens (tertiary/aromatic N) is 2. The van der Waals surface area contributed by atoms with Crippen molar-refractivity contribution < 1.29 is 0 Å². The van der Waals surface area contributed by atoms with Gasteiger partial charge < -0.3 is 5.32 Å². The highest BCUT2D eigenvalue weighted by Crippen LogP contribution is 2.24. The number of aromatic nitrogens is 2. The zero-order valence-electron chi connectivity index (χ0n) is 14.7. The Hall–Kier alpha value is -2.52. The molecule has 1 atom stereocenters. The molecule has 3 nitrogen and oxygen atoms in total. The van der Waals surface area contributed by atoms with Crippen molar-refractivity contribution in [1.82, 2.24) is 15.3 Å². The maximum absolute atomic E-state index is 4.55. The van der Waals surface area contributed by atoms with Gasteiger partial charge in [-0.25, -0.2) is 0 Å². The van der Waals surface area contributed by atoms with Crippen molar-refractivity contribution in [2.75, 3.05) is 6.54 Å². The van der Waals surface area contributed by atoms with Crippen LogP contribution >= 0.6 is 0 Å². The fourth-order valence-electron chi connectivity index (χ4n) is 3.13. The van der Waals surface area contributed by atoms with Crippen molar-refractivity contribution in [3.8, 4) is 0 Å². The molecule has 1 aromatic carbocycles. The van der Waals surface area contributed by atoms with Crippen molar-refractivity contribution in [2.45, 2.75) is 31.7 Å². The topological polar surface area (TPSA) is 37.8 Å². The van der Waals surface area contributed by atoms with Crippen LogP contribution < -0.4 is 5.32 Å². The standard InChI is InChI=1S/C22H25N3/c1-18(17-19-9-3-2-4-10-19)23-16-13-20(21-11-5-7-14-24-21)22-12-6-8-15-25-22/h2-12,14-15,18,20,23H,13,16-17H2,1H3. The van der Waals surface area contributed by atoms with E-state index < -0.39 is 0 Å². The average Bonchev–Trinajstić information content (AvgIpc) is 2.67. The van der Waals surface area contributed by atoms with Crippen LogP contribution in [0.15, 0.2) is 79.1 Å². The molecule has 0 spiro atoms. The van der Waals surface area contributed by atoms with Gasteiger partial charge in [0.05, 0.1) is 0 Å². The van der Waals surface area contributed by atoms with E-state index >= 15 is 0 Å². The van der Waals surface area contributed by atoms with E-state index in [0.29, 0.717) is 6.04 Å². The Labute approximate surface area is 150 Å². The Morgan fingerprint density at radius 1 is 0.800 bits per heavy atom. The summed E-state index contributed by atoms with van der Waals surface area (Å²) < 4.78 is 0. The molecule has 0 aliphatic heterocycles. The Balaban J connectivity index is 1.60. The third kappa shape index (κ3) is 5.23. The van der Waals surface area contributed by atoms with E-state index in [-0.39, 0.29) is 5.92 Å². The molecular formula is C22H25N3. The Morgan fingerprint density at radius 3 is 1.96 bits per heavy atom. The summed E-state index contributed by atoms with van der Waals surface area (Å²) in [5.74, 6) is 0.221. The van der Waals surface area contributed by atoms with E-state index in [2.05, 4.69) is 64.7 Å². The SMILES string of the molecule is CC(Cc1ccccc1)NCCC(c1ccccn1)c1ccccn1. The smallest absolute Gasteiger partial charge is 0.0494 e. The van der Waals surface area contributed by atoms with Crippen LogP contribution in [0, 0.1) is 0 Å². The molecule has 128 valence electrons. The molecule has 2 heterocycles. The Kier molecular flexibility index (Phi) is 6.29. The van der Waals surface area contributed by atoms with Gasteiger partial charge >= 0.3 is 0 Å². The zero-order chi connectivity index (χ0) is 17.3. The molecule has 1 unspecified atom stereocenters. The van der Waals surface area contributed by atoms with Crippen LogP contribution in [-0.4, -0.2) is 22.6 Å². The summed E-state index contributed by atoms with van der Waals surface area (Å²) in [6, 6.07) is 23.2. The molecule has 3 aromatic rings. The zero-order valence-corrected chi connectivity index (χ0v) is 14.7. The quantitative estimate of drug-likeness (QED) is 0.671. The number of pyridine rings is 2. The highest BCUT2D eigenvalue weighted by molar-refractivity contribution is 5.22. The predicted molar refractivity (Wildman–Crippen MR) is 103 cm³/mol. The van der Waals surface area contributed by atoms with Crippen molar-refractivity contribution >= 4 is 0 Å². The summed E-state index contributed by atoms with van der Waals surface area (Å²) in [6.45, 7) is 3.18. The van der Waals surface area contributed by atoms with Gasteiger partial charge in [0.15, 0.2) is 0 Å². The molecule has 0 saturated heterocycles. The van der Waals surface area contributed by atoms with Gasteiger partial charge in [0.1, 0.15) is 0 Å². The number of nitrogens with one attached hydrogen (secondary N) is 1. The minimum absolute atomic E-state index is 0.221. The molecule has 0 bridgehead atoms. The van der Waals surface area contributed by atoms with E-state index in [1.807, 2.05) is 36.7 Å². The van der Waals surface area contributed by atoms with Crippen LogP contribution in [0.25, 0.3) is 0 Å². The second-order valence-corrected chi connectivity index (χ2v) is 6.40. The highest BCUT2D eigenvalue weighted by atomic mass is 14.9. The molecule has 3 rings (SSSR count). The first-order valence-corrected chi connectivity index (χ1v) is 8.92. The van der Waals surface area contributed by atoms with Crippen molar-refractivity contribution in [3.63, 3.8) is 0 Å². The van der Waals surface area contributed by atoms with Crippen LogP contribution in [0.2, 0.25) is 0 Å². The van der Waals surface area contributed by atoms with Gasteiger partial charge in [-0.2, -0.15) is 0 Å². The van der Waals surface area contributed by atoms with Gasteiger partial charge in [-0.15, -0.1) is 0 Å². The van der Waals surface area contributed by atoms with Crippen LogP contribution in [0.5, 0.6) is 0 Å². The van der Waals surface area contributed by atoms with Gasteiger partial charge in [0.25, 0.3) is 0 Å². The van der Waals surface area contributed by atoms with E-state index in [0.717, 1.165) is 30.8 Å². The first kappa shape index (κ1) is 17.3. The van der Waals surface area contributed by atoms with Crippen LogP contribution in [0.4, 0.5) is 0 Å². The lowest BCUT2D eigenvalue weighted by Crippen LogP contribution is -2.30. The molecule has 1 N–H and O–H groups in total. The molecule has 0 aliphatic carbocycles. The minimum Gasteiger partial charge on any atom is -0.314 e. The molecule has 0 amide bonds. The molecule has 0 radical (unpaired) electrons. The molecule has 0 fully saturated rings. The summed E-state index contributed by atoms with van der Waals surface area (Å²) in [5, 5.41) is 3.65. The molecular weight excluding hydrogens is 306 g/mol. The molecule has 25 heavy (non-hydrogen) atoms. The van der Waals surface area contributed by atoms with Crippen molar-refractivity contribution in [1.29, 1.82) is 0 Å². The third-order valence-corrected chi connectivity index (χ3v) is 4.40. The molecule has 0 aliphatic rings. The Bertz CT molecular complexity index is 689. The monoisotopic (exact) mass is 331 g/mol. The van der Waals surface area contributed by atoms with Crippen LogP contribution in [0.3, 0.4) is 0 Å². The first-order chi connectivity index (χ1) is 12.3. The minimum atomic E-state index is 0.221. The van der Waals surface area contributed by atoms with E-state index in [9.17, 15) is 0 Å². The highest BCUT2D eigenvalue weighted by Gasteiger charge is 2.16. The van der Waals surface area contributed by atoms with Gasteiger partial charge in [0, 0.05) is 35.7 Å². The van der Waals surface area contributed by atoms with Crippen molar-refractivity contribution in [2.24, 2.45) is 0 Å². The van der Waals surface area contributed by atoms with Gasteiger partial charge in [-0.1, -0.05) is 42.5 Å². The largest absolute Gasteiger partial charge is 0.314 e. The fraction of sp³-hybridized carbons (Fsp3) is 0.273. The second kappa shape index (κ2) is 9.09. The summed E-state index contributed by atoms with van der Waals surface area (Å²) in [7, 11) is 0. The average molecular weight is 331 g/mol. The number of hydrogen-bond acceptors (Lipinski definition) is 3. The van der Waals surface area contributed by atoms with Gasteiger partial charge in [0.2, 0.25) is 0 Å². The molecule has 0 saturated carbocycles. The summed E-state index contributed by atoms with van der Waals surface area (Å²) in [4.78, 5) is 9.11. The fourth-order valence-corrected chi connectivity index (χ4v) is 3.13. The lowest BCUT2D eigenvalue weighted by molar-refractivity contribution is 0.515. The third-order valence-electron chi connectivity index (χ3n) is 4.40. The van der Waals surface area contributed by atoms with Crippen LogP contribution in [-0.2, 0) is 6.42 Å². The second-order valence-electron chi connectivity index (χ2n) is 6.40.